The van der Waals surface area contributed by atoms with Gasteiger partial charge in [-0.15, -0.1) is 0 Å². The topological polar surface area (TPSA) is 103 Å². The largest absolute Gasteiger partial charge is 0.508 e. The first-order valence-electron chi connectivity index (χ1n) is 7.61. The second kappa shape index (κ2) is 7.14. The van der Waals surface area contributed by atoms with Gasteiger partial charge < -0.3 is 19.8 Å². The SMILES string of the molecule is Cc1nc(N/N=C\c2ccc(O)cc2O)cc(N2CCOCC2)n1. The highest BCUT2D eigenvalue weighted by molar-refractivity contribution is 5.84. The molecular weight excluding hydrogens is 310 g/mol. The smallest absolute Gasteiger partial charge is 0.152 e. The van der Waals surface area contributed by atoms with E-state index < -0.39 is 0 Å². The van der Waals surface area contributed by atoms with Gasteiger partial charge in [-0.05, 0) is 19.1 Å². The molecule has 0 saturated carbocycles. The molecule has 0 radical (unpaired) electrons. The van der Waals surface area contributed by atoms with Crippen molar-refractivity contribution in [1.29, 1.82) is 0 Å². The summed E-state index contributed by atoms with van der Waals surface area (Å²) in [5.74, 6) is 1.99. The number of hydrogen-bond donors (Lipinski definition) is 3. The van der Waals surface area contributed by atoms with E-state index in [-0.39, 0.29) is 11.5 Å². The number of benzene rings is 1. The third-order valence-electron chi connectivity index (χ3n) is 3.56. The summed E-state index contributed by atoms with van der Waals surface area (Å²) < 4.78 is 5.35. The summed E-state index contributed by atoms with van der Waals surface area (Å²) >= 11 is 0. The maximum Gasteiger partial charge on any atom is 0.152 e. The van der Waals surface area contributed by atoms with Gasteiger partial charge in [0, 0.05) is 30.8 Å². The fraction of sp³-hybridized carbons (Fsp3) is 0.312. The van der Waals surface area contributed by atoms with Crippen LogP contribution in [0.1, 0.15) is 11.4 Å². The zero-order valence-electron chi connectivity index (χ0n) is 13.3. The normalized spacial score (nSPS) is 15.0. The van der Waals surface area contributed by atoms with E-state index in [1.54, 1.807) is 6.07 Å². The highest BCUT2D eigenvalue weighted by atomic mass is 16.5. The monoisotopic (exact) mass is 329 g/mol. The second-order valence-corrected chi connectivity index (χ2v) is 5.37. The standard InChI is InChI=1S/C16H19N5O3/c1-11-18-15(9-16(19-11)21-4-6-24-7-5-21)20-17-10-12-2-3-13(22)8-14(12)23/h2-3,8-10,22-23H,4-7H2,1H3,(H,18,19,20)/b17-10-. The average molecular weight is 329 g/mol. The summed E-state index contributed by atoms with van der Waals surface area (Å²) in [6.45, 7) is 4.78. The molecule has 0 aliphatic carbocycles. The van der Waals surface area contributed by atoms with E-state index >= 15 is 0 Å². The first-order chi connectivity index (χ1) is 11.6. The number of hydrazone groups is 1. The fourth-order valence-electron chi connectivity index (χ4n) is 2.37. The Morgan fingerprint density at radius 3 is 2.75 bits per heavy atom. The Morgan fingerprint density at radius 1 is 1.21 bits per heavy atom. The van der Waals surface area contributed by atoms with Crippen molar-refractivity contribution in [2.75, 3.05) is 36.6 Å². The lowest BCUT2D eigenvalue weighted by Gasteiger charge is -2.28. The molecule has 24 heavy (non-hydrogen) atoms. The van der Waals surface area contributed by atoms with Gasteiger partial charge >= 0.3 is 0 Å². The molecular formula is C16H19N5O3. The predicted molar refractivity (Wildman–Crippen MR) is 90.8 cm³/mol. The van der Waals surface area contributed by atoms with Gasteiger partial charge in [-0.2, -0.15) is 5.10 Å². The minimum atomic E-state index is -0.0478. The van der Waals surface area contributed by atoms with Crippen LogP contribution in [-0.2, 0) is 4.74 Å². The number of phenolic OH excluding ortho intramolecular Hbond substituents is 2. The number of aromatic nitrogens is 2. The molecule has 0 atom stereocenters. The van der Waals surface area contributed by atoms with Gasteiger partial charge in [0.15, 0.2) is 5.82 Å². The van der Waals surface area contributed by atoms with Gasteiger partial charge in [0.1, 0.15) is 23.1 Å². The van der Waals surface area contributed by atoms with Crippen LogP contribution in [0, 0.1) is 6.92 Å². The maximum absolute atomic E-state index is 9.72. The number of ether oxygens (including phenoxy) is 1. The molecule has 0 amide bonds. The van der Waals surface area contributed by atoms with E-state index in [1.807, 2.05) is 13.0 Å². The lowest BCUT2D eigenvalue weighted by Crippen LogP contribution is -2.36. The van der Waals surface area contributed by atoms with E-state index in [0.29, 0.717) is 30.4 Å². The highest BCUT2D eigenvalue weighted by Gasteiger charge is 2.13. The summed E-state index contributed by atoms with van der Waals surface area (Å²) in [5.41, 5.74) is 3.33. The number of anilines is 2. The van der Waals surface area contributed by atoms with Crippen LogP contribution < -0.4 is 10.3 Å². The molecule has 0 bridgehead atoms. The number of morpholine rings is 1. The molecule has 1 aliphatic rings. The van der Waals surface area contributed by atoms with Gasteiger partial charge in [0.05, 0.1) is 19.4 Å². The second-order valence-electron chi connectivity index (χ2n) is 5.37. The van der Waals surface area contributed by atoms with E-state index in [1.165, 1.54) is 18.3 Å². The minimum Gasteiger partial charge on any atom is -0.508 e. The molecule has 2 heterocycles. The number of nitrogens with one attached hydrogen (secondary N) is 1. The van der Waals surface area contributed by atoms with Gasteiger partial charge in [0.25, 0.3) is 0 Å². The van der Waals surface area contributed by atoms with Crippen LogP contribution in [0.3, 0.4) is 0 Å². The van der Waals surface area contributed by atoms with Crippen molar-refractivity contribution in [3.63, 3.8) is 0 Å². The molecule has 1 fully saturated rings. The lowest BCUT2D eigenvalue weighted by molar-refractivity contribution is 0.122. The third kappa shape index (κ3) is 3.90. The molecule has 1 aromatic heterocycles. The van der Waals surface area contributed by atoms with Crippen LogP contribution in [0.25, 0.3) is 0 Å². The van der Waals surface area contributed by atoms with Crippen molar-refractivity contribution in [3.8, 4) is 11.5 Å². The van der Waals surface area contributed by atoms with E-state index in [2.05, 4.69) is 25.4 Å². The quantitative estimate of drug-likeness (QED) is 0.576. The Morgan fingerprint density at radius 2 is 2.00 bits per heavy atom. The molecule has 8 heteroatoms. The Kier molecular flexibility index (Phi) is 4.76. The molecule has 126 valence electrons. The summed E-state index contributed by atoms with van der Waals surface area (Å²) in [6, 6.07) is 6.13. The average Bonchev–Trinajstić information content (AvgIpc) is 2.57. The van der Waals surface area contributed by atoms with Crippen molar-refractivity contribution in [2.24, 2.45) is 5.10 Å². The summed E-state index contributed by atoms with van der Waals surface area (Å²) in [6.07, 6.45) is 1.46. The number of aryl methyl sites for hydroxylation is 1. The van der Waals surface area contributed by atoms with Gasteiger partial charge in [-0.25, -0.2) is 9.97 Å². The zero-order chi connectivity index (χ0) is 16.9. The van der Waals surface area contributed by atoms with Crippen LogP contribution in [0.15, 0.2) is 29.4 Å². The van der Waals surface area contributed by atoms with Gasteiger partial charge in [-0.1, -0.05) is 0 Å². The van der Waals surface area contributed by atoms with E-state index in [4.69, 9.17) is 4.74 Å². The molecule has 3 rings (SSSR count). The number of rotatable bonds is 4. The molecule has 1 saturated heterocycles. The van der Waals surface area contributed by atoms with Crippen LogP contribution >= 0.6 is 0 Å². The number of phenols is 2. The highest BCUT2D eigenvalue weighted by Crippen LogP contribution is 2.21. The van der Waals surface area contributed by atoms with Crippen molar-refractivity contribution in [3.05, 3.63) is 35.7 Å². The van der Waals surface area contributed by atoms with Crippen molar-refractivity contribution in [1.82, 2.24) is 9.97 Å². The van der Waals surface area contributed by atoms with Crippen LogP contribution in [-0.4, -0.2) is 52.7 Å². The van der Waals surface area contributed by atoms with Gasteiger partial charge in [0.2, 0.25) is 0 Å². The molecule has 1 aliphatic heterocycles. The summed E-state index contributed by atoms with van der Waals surface area (Å²) in [7, 11) is 0. The van der Waals surface area contributed by atoms with E-state index in [0.717, 1.165) is 18.9 Å². The molecule has 3 N–H and O–H groups in total. The Bertz CT molecular complexity index is 744. The molecule has 1 aromatic carbocycles. The molecule has 2 aromatic rings. The van der Waals surface area contributed by atoms with Crippen LogP contribution in [0.5, 0.6) is 11.5 Å². The van der Waals surface area contributed by atoms with Crippen molar-refractivity contribution in [2.45, 2.75) is 6.92 Å². The Labute approximate surface area is 139 Å². The minimum absolute atomic E-state index is 0.000752. The number of hydrogen-bond acceptors (Lipinski definition) is 8. The maximum atomic E-state index is 9.72. The summed E-state index contributed by atoms with van der Waals surface area (Å²) in [4.78, 5) is 10.9. The van der Waals surface area contributed by atoms with E-state index in [9.17, 15) is 10.2 Å². The lowest BCUT2D eigenvalue weighted by atomic mass is 10.2. The van der Waals surface area contributed by atoms with Crippen molar-refractivity contribution >= 4 is 17.9 Å². The number of nitrogens with zero attached hydrogens (tertiary/aromatic N) is 4. The van der Waals surface area contributed by atoms with Crippen molar-refractivity contribution < 1.29 is 14.9 Å². The molecule has 8 nitrogen and oxygen atoms in total. The van der Waals surface area contributed by atoms with Crippen LogP contribution in [0.2, 0.25) is 0 Å². The molecule has 0 unspecified atom stereocenters. The van der Waals surface area contributed by atoms with Gasteiger partial charge in [-0.3, -0.25) is 5.43 Å². The first kappa shape index (κ1) is 16.0. The molecule has 0 spiro atoms. The first-order valence-corrected chi connectivity index (χ1v) is 7.61. The number of aromatic hydroxyl groups is 2. The predicted octanol–water partition coefficient (Wildman–Crippen LogP) is 1.48. The summed E-state index contributed by atoms with van der Waals surface area (Å²) in [5, 5.41) is 23.1. The zero-order valence-corrected chi connectivity index (χ0v) is 13.3. The van der Waals surface area contributed by atoms with Crippen LogP contribution in [0.4, 0.5) is 11.6 Å². The Balaban J connectivity index is 1.72. The third-order valence-corrected chi connectivity index (χ3v) is 3.56. The fourth-order valence-corrected chi connectivity index (χ4v) is 2.37. The Hall–Kier alpha value is -2.87.